The lowest BCUT2D eigenvalue weighted by Gasteiger charge is -2.09. The fraction of sp³-hybridized carbons (Fsp3) is 0.444. The molecule has 0 N–H and O–H groups in total. The van der Waals surface area contributed by atoms with Gasteiger partial charge in [-0.2, -0.15) is 13.2 Å². The molecule has 1 nitrogen and oxygen atoms in total. The first-order valence-electron chi connectivity index (χ1n) is 4.12. The number of rotatable bonds is 2. The van der Waals surface area contributed by atoms with Gasteiger partial charge in [0.2, 0.25) is 0 Å². The smallest absolute Gasteiger partial charge is 0.259 e. The van der Waals surface area contributed by atoms with Gasteiger partial charge >= 0.3 is 6.18 Å². The third-order valence-corrected chi connectivity index (χ3v) is 2.91. The zero-order valence-corrected chi connectivity index (χ0v) is 9.06. The normalized spacial score (nSPS) is 14.1. The van der Waals surface area contributed by atoms with Crippen LogP contribution in [0.5, 0.6) is 0 Å². The number of hydrogen-bond acceptors (Lipinski definition) is 1. The van der Waals surface area contributed by atoms with E-state index >= 15 is 0 Å². The van der Waals surface area contributed by atoms with Crippen molar-refractivity contribution in [2.45, 2.75) is 24.3 Å². The summed E-state index contributed by atoms with van der Waals surface area (Å²) in [6.07, 6.45) is -2.66. The van der Waals surface area contributed by atoms with Gasteiger partial charge in [-0.15, -0.1) is 0 Å². The third kappa shape index (κ3) is 2.70. The Bertz CT molecular complexity index is 294. The summed E-state index contributed by atoms with van der Waals surface area (Å²) in [5, 5.41) is 0. The van der Waals surface area contributed by atoms with Crippen LogP contribution in [0.4, 0.5) is 13.2 Å². The molecule has 0 aliphatic rings. The number of alkyl halides is 4. The van der Waals surface area contributed by atoms with Gasteiger partial charge in [-0.05, 0) is 18.6 Å². The summed E-state index contributed by atoms with van der Waals surface area (Å²) in [5.41, 5.74) is -0.0856. The molecule has 0 spiro atoms. The lowest BCUT2D eigenvalue weighted by atomic mass is 10.2. The maximum absolute atomic E-state index is 12.2. The maximum Gasteiger partial charge on any atom is 0.417 e. The molecule has 1 rings (SSSR count). The van der Waals surface area contributed by atoms with E-state index in [9.17, 15) is 13.2 Å². The lowest BCUT2D eigenvalue weighted by molar-refractivity contribution is -0.137. The molecule has 0 radical (unpaired) electrons. The molecule has 0 aliphatic heterocycles. The van der Waals surface area contributed by atoms with Crippen LogP contribution in [-0.2, 0) is 6.18 Å². The standard InChI is InChI=1S/C9H9BrF3N/c1-2-7(10)8-4-3-6(5-14-8)9(11,12)13/h3-5,7H,2H2,1H3. The van der Waals surface area contributed by atoms with Crippen molar-refractivity contribution in [2.75, 3.05) is 0 Å². The van der Waals surface area contributed by atoms with Crippen LogP contribution >= 0.6 is 15.9 Å². The Hall–Kier alpha value is -0.580. The topological polar surface area (TPSA) is 12.9 Å². The Morgan fingerprint density at radius 2 is 2.07 bits per heavy atom. The van der Waals surface area contributed by atoms with Crippen LogP contribution in [0.25, 0.3) is 0 Å². The lowest BCUT2D eigenvalue weighted by Crippen LogP contribution is -2.06. The van der Waals surface area contributed by atoms with Crippen molar-refractivity contribution in [2.24, 2.45) is 0 Å². The number of hydrogen-bond donors (Lipinski definition) is 0. The summed E-state index contributed by atoms with van der Waals surface area (Å²) in [4.78, 5) is 3.77. The predicted molar refractivity (Wildman–Crippen MR) is 51.2 cm³/mol. The second-order valence-corrected chi connectivity index (χ2v) is 3.95. The minimum absolute atomic E-state index is 0.0183. The van der Waals surface area contributed by atoms with Crippen LogP contribution in [0.3, 0.4) is 0 Å². The highest BCUT2D eigenvalue weighted by Gasteiger charge is 2.30. The third-order valence-electron chi connectivity index (χ3n) is 1.79. The number of halogens is 4. The summed E-state index contributed by atoms with van der Waals surface area (Å²) < 4.78 is 36.5. The zero-order chi connectivity index (χ0) is 10.8. The van der Waals surface area contributed by atoms with Gasteiger partial charge in [-0.1, -0.05) is 22.9 Å². The van der Waals surface area contributed by atoms with E-state index in [1.165, 1.54) is 6.07 Å². The van der Waals surface area contributed by atoms with Crippen LogP contribution in [0.2, 0.25) is 0 Å². The minimum Gasteiger partial charge on any atom is -0.259 e. The highest BCUT2D eigenvalue weighted by molar-refractivity contribution is 9.09. The maximum atomic E-state index is 12.2. The first kappa shape index (κ1) is 11.5. The van der Waals surface area contributed by atoms with Crippen LogP contribution in [0.15, 0.2) is 18.3 Å². The molecule has 1 unspecified atom stereocenters. The molecule has 1 aromatic heterocycles. The van der Waals surface area contributed by atoms with E-state index in [4.69, 9.17) is 0 Å². The molecule has 0 aliphatic carbocycles. The Morgan fingerprint density at radius 3 is 2.43 bits per heavy atom. The van der Waals surface area contributed by atoms with Crippen LogP contribution in [0.1, 0.15) is 29.4 Å². The molecule has 1 atom stereocenters. The van der Waals surface area contributed by atoms with Gasteiger partial charge in [-0.3, -0.25) is 4.98 Å². The Labute approximate surface area is 88.5 Å². The summed E-state index contributed by atoms with van der Waals surface area (Å²) >= 11 is 3.32. The largest absolute Gasteiger partial charge is 0.417 e. The first-order chi connectivity index (χ1) is 6.45. The second kappa shape index (κ2) is 4.29. The molecule has 0 amide bonds. The van der Waals surface area contributed by atoms with Gasteiger partial charge in [-0.25, -0.2) is 0 Å². The quantitative estimate of drug-likeness (QED) is 0.740. The van der Waals surface area contributed by atoms with Crippen molar-refractivity contribution >= 4 is 15.9 Å². The average Bonchev–Trinajstić information content (AvgIpc) is 2.15. The second-order valence-electron chi connectivity index (χ2n) is 2.85. The molecule has 1 aromatic rings. The molecule has 1 heterocycles. The van der Waals surface area contributed by atoms with E-state index < -0.39 is 11.7 Å². The fourth-order valence-electron chi connectivity index (χ4n) is 0.967. The van der Waals surface area contributed by atoms with Crippen molar-refractivity contribution in [3.8, 4) is 0 Å². The zero-order valence-electron chi connectivity index (χ0n) is 7.48. The van der Waals surface area contributed by atoms with E-state index in [0.29, 0.717) is 5.69 Å². The number of nitrogens with zero attached hydrogens (tertiary/aromatic N) is 1. The van der Waals surface area contributed by atoms with Crippen molar-refractivity contribution < 1.29 is 13.2 Å². The van der Waals surface area contributed by atoms with E-state index in [0.717, 1.165) is 18.7 Å². The van der Waals surface area contributed by atoms with Crippen LogP contribution < -0.4 is 0 Å². The Morgan fingerprint density at radius 1 is 1.43 bits per heavy atom. The molecule has 0 fully saturated rings. The van der Waals surface area contributed by atoms with Gasteiger partial charge in [0.1, 0.15) is 0 Å². The van der Waals surface area contributed by atoms with E-state index in [1.54, 1.807) is 0 Å². The summed E-state index contributed by atoms with van der Waals surface area (Å²) in [6, 6.07) is 2.44. The molecule has 5 heteroatoms. The monoisotopic (exact) mass is 267 g/mol. The van der Waals surface area contributed by atoms with Gasteiger partial charge in [0.15, 0.2) is 0 Å². The van der Waals surface area contributed by atoms with Crippen LogP contribution in [0, 0.1) is 0 Å². The summed E-state index contributed by atoms with van der Waals surface area (Å²) in [7, 11) is 0. The van der Waals surface area contributed by atoms with Crippen molar-refractivity contribution in [1.29, 1.82) is 0 Å². The highest BCUT2D eigenvalue weighted by atomic mass is 79.9. The van der Waals surface area contributed by atoms with E-state index in [2.05, 4.69) is 20.9 Å². The number of aromatic nitrogens is 1. The molecule has 0 saturated heterocycles. The molecular formula is C9H9BrF3N. The highest BCUT2D eigenvalue weighted by Crippen LogP contribution is 2.30. The van der Waals surface area contributed by atoms with Crippen molar-refractivity contribution in [3.63, 3.8) is 0 Å². The molecule has 78 valence electrons. The van der Waals surface area contributed by atoms with Gasteiger partial charge in [0, 0.05) is 6.20 Å². The van der Waals surface area contributed by atoms with Crippen molar-refractivity contribution in [1.82, 2.24) is 4.98 Å². The average molecular weight is 268 g/mol. The Kier molecular flexibility index (Phi) is 3.53. The van der Waals surface area contributed by atoms with Crippen molar-refractivity contribution in [3.05, 3.63) is 29.6 Å². The SMILES string of the molecule is CCC(Br)c1ccc(C(F)(F)F)cn1. The first-order valence-corrected chi connectivity index (χ1v) is 5.04. The molecule has 0 bridgehead atoms. The predicted octanol–water partition coefficient (Wildman–Crippen LogP) is 3.95. The number of pyridine rings is 1. The van der Waals surface area contributed by atoms with Gasteiger partial charge in [0.05, 0.1) is 16.1 Å². The molecule has 0 saturated carbocycles. The molecule has 14 heavy (non-hydrogen) atoms. The molecule has 0 aromatic carbocycles. The van der Waals surface area contributed by atoms with E-state index in [1.807, 2.05) is 6.92 Å². The van der Waals surface area contributed by atoms with Gasteiger partial charge in [0.25, 0.3) is 0 Å². The molecular weight excluding hydrogens is 259 g/mol. The fourth-order valence-corrected chi connectivity index (χ4v) is 1.24. The summed E-state index contributed by atoms with van der Waals surface area (Å²) in [6.45, 7) is 1.93. The van der Waals surface area contributed by atoms with Gasteiger partial charge < -0.3 is 0 Å². The minimum atomic E-state index is -4.31. The van der Waals surface area contributed by atoms with E-state index in [-0.39, 0.29) is 4.83 Å². The van der Waals surface area contributed by atoms with Crippen LogP contribution in [-0.4, -0.2) is 4.98 Å². The Balaban J connectivity index is 2.89. The summed E-state index contributed by atoms with van der Waals surface area (Å²) in [5.74, 6) is 0.